The van der Waals surface area contributed by atoms with Gasteiger partial charge in [0.25, 0.3) is 0 Å². The van der Waals surface area contributed by atoms with Crippen LogP contribution in [0.2, 0.25) is 0 Å². The van der Waals surface area contributed by atoms with Crippen LogP contribution in [0.25, 0.3) is 0 Å². The molecule has 5 nitrogen and oxygen atoms in total. The molecule has 0 heterocycles. The highest BCUT2D eigenvalue weighted by Gasteiger charge is 2.16. The maximum absolute atomic E-state index is 11.9. The molecule has 1 amide bonds. The average molecular weight is 292 g/mol. The minimum Gasteiger partial charge on any atom is -0.481 e. The number of carboxylic acid groups (broad SMARTS) is 1. The molecule has 1 aromatic carbocycles. The first-order valence-corrected chi connectivity index (χ1v) is 7.32. The van der Waals surface area contributed by atoms with Crippen molar-refractivity contribution in [3.05, 3.63) is 35.9 Å². The summed E-state index contributed by atoms with van der Waals surface area (Å²) in [4.78, 5) is 22.6. The molecule has 0 saturated carbocycles. The quantitative estimate of drug-likeness (QED) is 0.644. The fraction of sp³-hybridized carbons (Fsp3) is 0.500. The van der Waals surface area contributed by atoms with Crippen LogP contribution in [0.1, 0.15) is 31.7 Å². The predicted octanol–water partition coefficient (Wildman–Crippen LogP) is 1.56. The van der Waals surface area contributed by atoms with Crippen LogP contribution in [-0.2, 0) is 16.0 Å². The van der Waals surface area contributed by atoms with Crippen LogP contribution in [0.4, 0.5) is 0 Å². The van der Waals surface area contributed by atoms with Crippen molar-refractivity contribution < 1.29 is 14.7 Å². The van der Waals surface area contributed by atoms with Crippen LogP contribution in [-0.4, -0.2) is 29.6 Å². The van der Waals surface area contributed by atoms with Gasteiger partial charge in [-0.1, -0.05) is 43.7 Å². The zero-order valence-electron chi connectivity index (χ0n) is 12.4. The van der Waals surface area contributed by atoms with E-state index in [9.17, 15) is 9.59 Å². The second kappa shape index (κ2) is 9.13. The van der Waals surface area contributed by atoms with Crippen LogP contribution in [0.15, 0.2) is 30.3 Å². The van der Waals surface area contributed by atoms with E-state index < -0.39 is 12.0 Å². The maximum atomic E-state index is 11.9. The standard InChI is InChI=1S/C16H24N2O3/c1-2-12(10-15(19)20)11-18-16(21)14(17)9-8-13-6-4-3-5-7-13/h3-7,12,14H,2,8-11,17H2,1H3,(H,18,21)(H,19,20). The lowest BCUT2D eigenvalue weighted by atomic mass is 10.0. The molecule has 5 heteroatoms. The van der Waals surface area contributed by atoms with E-state index in [0.29, 0.717) is 19.4 Å². The molecule has 0 radical (unpaired) electrons. The van der Waals surface area contributed by atoms with E-state index in [0.717, 1.165) is 12.0 Å². The van der Waals surface area contributed by atoms with Crippen molar-refractivity contribution >= 4 is 11.9 Å². The maximum Gasteiger partial charge on any atom is 0.303 e. The van der Waals surface area contributed by atoms with Crippen LogP contribution < -0.4 is 11.1 Å². The Kier molecular flexibility index (Phi) is 7.46. The molecular weight excluding hydrogens is 268 g/mol. The third-order valence-corrected chi connectivity index (χ3v) is 3.53. The molecule has 21 heavy (non-hydrogen) atoms. The summed E-state index contributed by atoms with van der Waals surface area (Å²) < 4.78 is 0. The van der Waals surface area contributed by atoms with Gasteiger partial charge in [0.05, 0.1) is 6.04 Å². The Morgan fingerprint density at radius 3 is 2.52 bits per heavy atom. The lowest BCUT2D eigenvalue weighted by Crippen LogP contribution is -2.42. The molecule has 1 rings (SSSR count). The van der Waals surface area contributed by atoms with Gasteiger partial charge in [0.15, 0.2) is 0 Å². The highest BCUT2D eigenvalue weighted by atomic mass is 16.4. The molecule has 2 atom stereocenters. The number of amides is 1. The Bertz CT molecular complexity index is 448. The van der Waals surface area contributed by atoms with Crippen LogP contribution in [0.3, 0.4) is 0 Å². The van der Waals surface area contributed by atoms with Crippen molar-refractivity contribution in [1.29, 1.82) is 0 Å². The number of benzene rings is 1. The minimum absolute atomic E-state index is 0.0484. The molecule has 0 aliphatic heterocycles. The molecule has 0 fully saturated rings. The Labute approximate surface area is 125 Å². The molecule has 0 aliphatic rings. The van der Waals surface area contributed by atoms with Gasteiger partial charge in [-0.3, -0.25) is 9.59 Å². The molecule has 116 valence electrons. The van der Waals surface area contributed by atoms with Gasteiger partial charge in [-0.15, -0.1) is 0 Å². The highest BCUT2D eigenvalue weighted by Crippen LogP contribution is 2.07. The minimum atomic E-state index is -0.843. The third kappa shape index (κ3) is 6.90. The van der Waals surface area contributed by atoms with Crippen LogP contribution >= 0.6 is 0 Å². The van der Waals surface area contributed by atoms with Gasteiger partial charge < -0.3 is 16.2 Å². The molecule has 0 spiro atoms. The predicted molar refractivity (Wildman–Crippen MR) is 81.8 cm³/mol. The summed E-state index contributed by atoms with van der Waals surface area (Å²) in [7, 11) is 0. The number of carbonyl (C=O) groups excluding carboxylic acids is 1. The molecule has 0 bridgehead atoms. The van der Waals surface area contributed by atoms with E-state index in [4.69, 9.17) is 10.8 Å². The number of nitrogens with two attached hydrogens (primary N) is 1. The molecule has 1 aromatic rings. The van der Waals surface area contributed by atoms with Gasteiger partial charge in [-0.25, -0.2) is 0 Å². The van der Waals surface area contributed by atoms with Gasteiger partial charge >= 0.3 is 5.97 Å². The Balaban J connectivity index is 2.32. The number of carbonyl (C=O) groups is 2. The summed E-state index contributed by atoms with van der Waals surface area (Å²) >= 11 is 0. The zero-order chi connectivity index (χ0) is 15.7. The first kappa shape index (κ1) is 17.2. The van der Waals surface area contributed by atoms with Gasteiger partial charge in [-0.2, -0.15) is 0 Å². The molecular formula is C16H24N2O3. The second-order valence-electron chi connectivity index (χ2n) is 5.25. The van der Waals surface area contributed by atoms with Gasteiger partial charge in [0.1, 0.15) is 0 Å². The topological polar surface area (TPSA) is 92.4 Å². The van der Waals surface area contributed by atoms with E-state index in [1.54, 1.807) is 0 Å². The number of nitrogens with one attached hydrogen (secondary N) is 1. The normalized spacial score (nSPS) is 13.4. The largest absolute Gasteiger partial charge is 0.481 e. The van der Waals surface area contributed by atoms with Crippen molar-refractivity contribution in [2.24, 2.45) is 11.7 Å². The van der Waals surface area contributed by atoms with Crippen molar-refractivity contribution in [3.8, 4) is 0 Å². The van der Waals surface area contributed by atoms with E-state index in [2.05, 4.69) is 5.32 Å². The average Bonchev–Trinajstić information content (AvgIpc) is 2.49. The number of hydrogen-bond acceptors (Lipinski definition) is 3. The highest BCUT2D eigenvalue weighted by molar-refractivity contribution is 5.81. The zero-order valence-corrected chi connectivity index (χ0v) is 12.4. The summed E-state index contributed by atoms with van der Waals surface area (Å²) in [6.45, 7) is 2.27. The lowest BCUT2D eigenvalue weighted by molar-refractivity contribution is -0.138. The summed E-state index contributed by atoms with van der Waals surface area (Å²) in [5.74, 6) is -1.10. The number of aryl methyl sites for hydroxylation is 1. The third-order valence-electron chi connectivity index (χ3n) is 3.53. The monoisotopic (exact) mass is 292 g/mol. The van der Waals surface area contributed by atoms with Crippen LogP contribution in [0, 0.1) is 5.92 Å². The molecule has 4 N–H and O–H groups in total. The first-order chi connectivity index (χ1) is 10.0. The Morgan fingerprint density at radius 2 is 1.95 bits per heavy atom. The molecule has 0 aromatic heterocycles. The van der Waals surface area contributed by atoms with Crippen molar-refractivity contribution in [3.63, 3.8) is 0 Å². The van der Waals surface area contributed by atoms with Gasteiger partial charge in [0, 0.05) is 13.0 Å². The summed E-state index contributed by atoms with van der Waals surface area (Å²) in [6.07, 6.45) is 2.11. The van der Waals surface area contributed by atoms with Gasteiger partial charge in [-0.05, 0) is 24.3 Å². The summed E-state index contributed by atoms with van der Waals surface area (Å²) in [5.41, 5.74) is 7.02. The van der Waals surface area contributed by atoms with Crippen molar-refractivity contribution in [2.45, 2.75) is 38.6 Å². The lowest BCUT2D eigenvalue weighted by Gasteiger charge is -2.16. The Hall–Kier alpha value is -1.88. The first-order valence-electron chi connectivity index (χ1n) is 7.32. The summed E-state index contributed by atoms with van der Waals surface area (Å²) in [6, 6.07) is 9.31. The van der Waals surface area contributed by atoms with E-state index in [1.807, 2.05) is 37.3 Å². The smallest absolute Gasteiger partial charge is 0.303 e. The van der Waals surface area contributed by atoms with Crippen molar-refractivity contribution in [2.75, 3.05) is 6.54 Å². The Morgan fingerprint density at radius 1 is 1.29 bits per heavy atom. The fourth-order valence-corrected chi connectivity index (χ4v) is 2.08. The molecule has 0 saturated heterocycles. The fourth-order valence-electron chi connectivity index (χ4n) is 2.08. The summed E-state index contributed by atoms with van der Waals surface area (Å²) in [5, 5.41) is 11.5. The molecule has 2 unspecified atom stereocenters. The van der Waals surface area contributed by atoms with Crippen LogP contribution in [0.5, 0.6) is 0 Å². The number of hydrogen-bond donors (Lipinski definition) is 3. The number of carboxylic acids is 1. The van der Waals surface area contributed by atoms with E-state index in [-0.39, 0.29) is 18.2 Å². The molecule has 0 aliphatic carbocycles. The second-order valence-corrected chi connectivity index (χ2v) is 5.25. The SMILES string of the molecule is CCC(CNC(=O)C(N)CCc1ccccc1)CC(=O)O. The van der Waals surface area contributed by atoms with Gasteiger partial charge in [0.2, 0.25) is 5.91 Å². The van der Waals surface area contributed by atoms with E-state index in [1.165, 1.54) is 0 Å². The van der Waals surface area contributed by atoms with E-state index >= 15 is 0 Å². The number of rotatable bonds is 9. The van der Waals surface area contributed by atoms with Crippen molar-refractivity contribution in [1.82, 2.24) is 5.32 Å². The number of aliphatic carboxylic acids is 1.